The highest BCUT2D eigenvalue weighted by atomic mass is 16.6. The van der Waals surface area contributed by atoms with E-state index in [9.17, 15) is 39.3 Å². The van der Waals surface area contributed by atoms with Crippen molar-refractivity contribution in [2.24, 2.45) is 16.7 Å². The molecule has 62 heavy (non-hydrogen) atoms. The van der Waals surface area contributed by atoms with Crippen LogP contribution in [0.15, 0.2) is 102 Å². The number of aliphatic hydroxyl groups is 3. The van der Waals surface area contributed by atoms with Gasteiger partial charge in [-0.2, -0.15) is 0 Å². The van der Waals surface area contributed by atoms with Gasteiger partial charge in [-0.3, -0.25) is 19.2 Å². The van der Waals surface area contributed by atoms with Crippen LogP contribution in [0.2, 0.25) is 0 Å². The molecule has 15 heteroatoms. The molecule has 4 N–H and O–H groups in total. The summed E-state index contributed by atoms with van der Waals surface area (Å²) in [6.07, 6.45) is -10.5. The van der Waals surface area contributed by atoms with Crippen LogP contribution in [0, 0.1) is 16.7 Å². The van der Waals surface area contributed by atoms with Gasteiger partial charge in [0.2, 0.25) is 0 Å². The van der Waals surface area contributed by atoms with E-state index in [1.165, 1.54) is 26.0 Å². The highest BCUT2D eigenvalue weighted by Crippen LogP contribution is 2.64. The fourth-order valence-electron chi connectivity index (χ4n) is 10.1. The second kappa shape index (κ2) is 16.5. The zero-order valence-corrected chi connectivity index (χ0v) is 35.2. The van der Waals surface area contributed by atoms with Crippen LogP contribution in [0.4, 0.5) is 0 Å². The van der Waals surface area contributed by atoms with E-state index in [-0.39, 0.29) is 35.3 Å². The molecular formula is C47H51NO14. The van der Waals surface area contributed by atoms with E-state index in [1.54, 1.807) is 92.7 Å². The maximum atomic E-state index is 15.5. The molecule has 1 saturated heterocycles. The first-order chi connectivity index (χ1) is 29.3. The third-order valence-corrected chi connectivity index (χ3v) is 13.5. The van der Waals surface area contributed by atoms with Gasteiger partial charge in [-0.1, -0.05) is 80.6 Å². The third-order valence-electron chi connectivity index (χ3n) is 13.5. The molecule has 3 aliphatic carbocycles. The Morgan fingerprint density at radius 2 is 1.39 bits per heavy atom. The van der Waals surface area contributed by atoms with Crippen LogP contribution in [-0.2, 0) is 42.9 Å². The van der Waals surface area contributed by atoms with Gasteiger partial charge in [-0.15, -0.1) is 0 Å². The third kappa shape index (κ3) is 7.29. The van der Waals surface area contributed by atoms with Gasteiger partial charge in [0, 0.05) is 37.7 Å². The van der Waals surface area contributed by atoms with Gasteiger partial charge in [0.05, 0.1) is 35.6 Å². The molecule has 7 rings (SSSR count). The van der Waals surface area contributed by atoms with Crippen molar-refractivity contribution in [2.45, 2.75) is 108 Å². The first-order valence-corrected chi connectivity index (χ1v) is 20.5. The minimum absolute atomic E-state index is 0.00192. The first-order valence-electron chi connectivity index (χ1n) is 20.5. The average Bonchev–Trinajstić information content (AvgIpc) is 3.24. The highest BCUT2D eigenvalue weighted by molar-refractivity contribution is 5.96. The number of nitrogens with one attached hydrogen (secondary N) is 1. The highest BCUT2D eigenvalue weighted by Gasteiger charge is 2.78. The fraction of sp³-hybridized carbons (Fsp3) is 0.447. The van der Waals surface area contributed by atoms with Gasteiger partial charge in [-0.05, 0) is 54.8 Å². The van der Waals surface area contributed by atoms with Crippen LogP contribution < -0.4 is 5.32 Å². The van der Waals surface area contributed by atoms with Crippen molar-refractivity contribution in [2.75, 3.05) is 6.61 Å². The van der Waals surface area contributed by atoms with Gasteiger partial charge >= 0.3 is 23.9 Å². The molecule has 0 spiro atoms. The van der Waals surface area contributed by atoms with Gasteiger partial charge < -0.3 is 44.3 Å². The van der Waals surface area contributed by atoms with Crippen molar-refractivity contribution in [3.63, 3.8) is 0 Å². The lowest BCUT2D eigenvalue weighted by atomic mass is 9.44. The summed E-state index contributed by atoms with van der Waals surface area (Å²) in [6, 6.07) is 23.1. The number of esters is 4. The Morgan fingerprint density at radius 3 is 1.94 bits per heavy atom. The summed E-state index contributed by atoms with van der Waals surface area (Å²) in [5, 5.41) is 40.1. The quantitative estimate of drug-likeness (QED) is 0.130. The summed E-state index contributed by atoms with van der Waals surface area (Å²) in [4.78, 5) is 83.4. The van der Waals surface area contributed by atoms with Crippen LogP contribution in [0.25, 0.3) is 0 Å². The monoisotopic (exact) mass is 853 g/mol. The molecule has 0 aromatic heterocycles. The molecule has 0 radical (unpaired) electrons. The SMILES string of the molecule is CC(=O)O[C@H]1C(=O)[C@]2(C)[C@@H](O)CC3OC[C@@]3(OC(=O)c3ccccc3)[C@H]2[C@H](OC(C)=O)[C@]2(O)C[C@H](OC(=O)[C@H](O)[C@@H](NC(=O)c3ccccc3)c3ccccc3)C(C)=C1C2(C)C. The number of carbonyl (C=O) groups excluding carboxylic acids is 6. The minimum Gasteiger partial charge on any atom is -0.459 e. The average molecular weight is 854 g/mol. The lowest BCUT2D eigenvalue weighted by Gasteiger charge is -2.67. The molecule has 1 amide bonds. The maximum absolute atomic E-state index is 15.5. The van der Waals surface area contributed by atoms with E-state index in [0.29, 0.717) is 5.56 Å². The lowest BCUT2D eigenvalue weighted by molar-refractivity contribution is -0.343. The van der Waals surface area contributed by atoms with Crippen molar-refractivity contribution in [3.8, 4) is 0 Å². The standard InChI is InChI=1S/C47H51NO14/c1-25-31(61-43(56)36(52)35(28-16-10-7-11-17-28)48-41(54)29-18-12-8-13-19-29)23-47(57)40(60-27(3)50)38-45(6,39(53)37(59-26(2)49)34(25)44(47,4)5)32(51)22-33-46(38,24-58-33)62-42(55)30-20-14-9-15-21-30/h7-21,31-33,35-38,40,51-52,57H,22-24H2,1-6H3,(H,48,54)/t31-,32-,33?,35-,36+,37+,38-,40-,45+,46-,47+/m0/s1. The molecule has 4 aliphatic rings. The van der Waals surface area contributed by atoms with Crippen molar-refractivity contribution in [1.29, 1.82) is 0 Å². The number of amides is 1. The number of aliphatic hydroxyl groups excluding tert-OH is 2. The Kier molecular flexibility index (Phi) is 11.8. The molecule has 3 aromatic rings. The number of ketones is 1. The molecule has 1 aliphatic heterocycles. The molecule has 3 aromatic carbocycles. The van der Waals surface area contributed by atoms with E-state index >= 15 is 4.79 Å². The second-order valence-corrected chi connectivity index (χ2v) is 17.4. The van der Waals surface area contributed by atoms with E-state index in [1.807, 2.05) is 0 Å². The minimum atomic E-state index is -2.36. The van der Waals surface area contributed by atoms with E-state index in [4.69, 9.17) is 23.7 Å². The summed E-state index contributed by atoms with van der Waals surface area (Å²) < 4.78 is 30.3. The van der Waals surface area contributed by atoms with Crippen LogP contribution >= 0.6 is 0 Å². The number of ether oxygens (including phenoxy) is 5. The topological polar surface area (TPSA) is 221 Å². The fourth-order valence-corrected chi connectivity index (χ4v) is 10.1. The molecule has 328 valence electrons. The molecule has 11 atom stereocenters. The Balaban J connectivity index is 1.36. The number of fused-ring (bicyclic) bond motifs is 5. The summed E-state index contributed by atoms with van der Waals surface area (Å²) in [5.41, 5.74) is -6.92. The predicted molar refractivity (Wildman–Crippen MR) is 218 cm³/mol. The Labute approximate surface area is 358 Å². The summed E-state index contributed by atoms with van der Waals surface area (Å²) in [6.45, 7) is 7.90. The number of carbonyl (C=O) groups is 6. The maximum Gasteiger partial charge on any atom is 0.338 e. The van der Waals surface area contributed by atoms with Crippen LogP contribution in [0.5, 0.6) is 0 Å². The van der Waals surface area contributed by atoms with Crippen molar-refractivity contribution in [3.05, 3.63) is 119 Å². The number of rotatable bonds is 10. The van der Waals surface area contributed by atoms with Gasteiger partial charge in [0.15, 0.2) is 23.6 Å². The molecule has 2 bridgehead atoms. The molecular weight excluding hydrogens is 803 g/mol. The molecule has 1 heterocycles. The molecule has 1 unspecified atom stereocenters. The lowest BCUT2D eigenvalue weighted by Crippen LogP contribution is -2.82. The smallest absolute Gasteiger partial charge is 0.338 e. The summed E-state index contributed by atoms with van der Waals surface area (Å²) in [7, 11) is 0. The number of hydrogen-bond acceptors (Lipinski definition) is 14. The van der Waals surface area contributed by atoms with Gasteiger partial charge in [0.1, 0.15) is 23.9 Å². The van der Waals surface area contributed by atoms with Crippen LogP contribution in [-0.4, -0.2) is 105 Å². The Bertz CT molecular complexity index is 2280. The van der Waals surface area contributed by atoms with Crippen LogP contribution in [0.1, 0.15) is 86.7 Å². The van der Waals surface area contributed by atoms with E-state index in [2.05, 4.69) is 5.32 Å². The predicted octanol–water partition coefficient (Wildman–Crippen LogP) is 3.74. The van der Waals surface area contributed by atoms with Crippen molar-refractivity contribution < 1.29 is 67.8 Å². The van der Waals surface area contributed by atoms with Crippen molar-refractivity contribution >= 4 is 35.6 Å². The summed E-state index contributed by atoms with van der Waals surface area (Å²) in [5.74, 6) is -6.84. The first kappa shape index (κ1) is 44.3. The molecule has 15 nitrogen and oxygen atoms in total. The van der Waals surface area contributed by atoms with Crippen molar-refractivity contribution in [1.82, 2.24) is 5.32 Å². The van der Waals surface area contributed by atoms with Gasteiger partial charge in [-0.25, -0.2) is 9.59 Å². The second-order valence-electron chi connectivity index (χ2n) is 17.4. The number of hydrogen-bond donors (Lipinski definition) is 4. The largest absolute Gasteiger partial charge is 0.459 e. The molecule has 3 fully saturated rings. The number of benzene rings is 3. The van der Waals surface area contributed by atoms with E-state index in [0.717, 1.165) is 13.8 Å². The normalized spacial score (nSPS) is 31.9. The van der Waals surface area contributed by atoms with Gasteiger partial charge in [0.25, 0.3) is 5.91 Å². The van der Waals surface area contributed by atoms with Crippen LogP contribution in [0.3, 0.4) is 0 Å². The Hall–Kier alpha value is -5.74. The molecule has 2 saturated carbocycles. The zero-order valence-electron chi connectivity index (χ0n) is 35.2. The summed E-state index contributed by atoms with van der Waals surface area (Å²) >= 11 is 0. The Morgan fingerprint density at radius 1 is 0.823 bits per heavy atom. The van der Waals surface area contributed by atoms with E-state index < -0.39 is 113 Å². The zero-order chi connectivity index (χ0) is 44.9. The number of Topliss-reactive ketones (excluding diaryl/α,β-unsaturated/α-hetero) is 1.